The summed E-state index contributed by atoms with van der Waals surface area (Å²) in [5, 5.41) is 0. The molecule has 2 rings (SSSR count). The molecule has 0 spiro atoms. The maximum absolute atomic E-state index is 13.5. The maximum atomic E-state index is 13.5. The summed E-state index contributed by atoms with van der Waals surface area (Å²) in [6, 6.07) is 5.77. The monoisotopic (exact) mass is 366 g/mol. The molecule has 0 amide bonds. The van der Waals surface area contributed by atoms with Crippen LogP contribution >= 0.6 is 0 Å². The fourth-order valence-corrected chi connectivity index (χ4v) is 3.83. The molecule has 0 aliphatic heterocycles. The van der Waals surface area contributed by atoms with E-state index in [0.717, 1.165) is 17.2 Å². The lowest BCUT2D eigenvalue weighted by molar-refractivity contribution is -0.137. The molecule has 1 aromatic rings. The zero-order valence-corrected chi connectivity index (χ0v) is 16.4. The second-order valence-corrected chi connectivity index (χ2v) is 12.0. The zero-order valence-electron chi connectivity index (χ0n) is 15.4. The van der Waals surface area contributed by atoms with Crippen molar-refractivity contribution in [3.63, 3.8) is 0 Å². The Morgan fingerprint density at radius 2 is 1.80 bits per heavy atom. The maximum Gasteiger partial charge on any atom is 0.416 e. The molecule has 0 aromatic heterocycles. The highest BCUT2D eigenvalue weighted by atomic mass is 28.4. The lowest BCUT2D eigenvalue weighted by atomic mass is 9.81. The number of hydrogen-bond acceptors (Lipinski definition) is 1. The predicted molar refractivity (Wildman–Crippen MR) is 99.5 cm³/mol. The molecule has 0 saturated carbocycles. The van der Waals surface area contributed by atoms with Crippen molar-refractivity contribution in [3.05, 3.63) is 65.0 Å². The van der Waals surface area contributed by atoms with Crippen molar-refractivity contribution < 1.29 is 17.6 Å². The Hall–Kier alpha value is -1.75. The van der Waals surface area contributed by atoms with Gasteiger partial charge in [-0.15, -0.1) is 0 Å². The molecule has 0 N–H and O–H groups in total. The van der Waals surface area contributed by atoms with Crippen molar-refractivity contribution in [2.45, 2.75) is 46.1 Å². The second-order valence-electron chi connectivity index (χ2n) is 7.55. The van der Waals surface area contributed by atoms with Gasteiger partial charge in [0.05, 0.1) is 5.56 Å². The summed E-state index contributed by atoms with van der Waals surface area (Å²) in [7, 11) is -1.89. The zero-order chi connectivity index (χ0) is 19.0. The van der Waals surface area contributed by atoms with Gasteiger partial charge in [-0.1, -0.05) is 30.4 Å². The van der Waals surface area contributed by atoms with Crippen LogP contribution in [0.15, 0.2) is 53.8 Å². The number of alkyl halides is 3. The molecule has 1 atom stereocenters. The van der Waals surface area contributed by atoms with Crippen LogP contribution < -0.4 is 0 Å². The van der Waals surface area contributed by atoms with Gasteiger partial charge in [0.25, 0.3) is 0 Å². The van der Waals surface area contributed by atoms with Crippen LogP contribution in [0.4, 0.5) is 13.2 Å². The molecule has 0 bridgehead atoms. The van der Waals surface area contributed by atoms with Gasteiger partial charge in [-0.3, -0.25) is 0 Å². The van der Waals surface area contributed by atoms with Crippen LogP contribution in [0.25, 0.3) is 5.57 Å². The lowest BCUT2D eigenvalue weighted by Crippen LogP contribution is -2.27. The van der Waals surface area contributed by atoms with Gasteiger partial charge in [0.1, 0.15) is 5.76 Å². The van der Waals surface area contributed by atoms with E-state index in [0.29, 0.717) is 17.8 Å². The first-order valence-corrected chi connectivity index (χ1v) is 11.7. The molecule has 136 valence electrons. The van der Waals surface area contributed by atoms with Crippen LogP contribution in [0.5, 0.6) is 0 Å². The SMILES string of the molecule is C=C(C)[C@@H]1C=C(O[Si](C)(C)C)C(C)=C(c2ccccc2C(F)(F)F)C1. The molecule has 1 aliphatic rings. The molecule has 1 aliphatic carbocycles. The second kappa shape index (κ2) is 6.87. The Balaban J connectivity index is 2.61. The molecule has 0 fully saturated rings. The minimum Gasteiger partial charge on any atom is -0.544 e. The fraction of sp³-hybridized carbons (Fsp3) is 0.400. The van der Waals surface area contributed by atoms with Crippen molar-refractivity contribution in [1.29, 1.82) is 0 Å². The Kier molecular flexibility index (Phi) is 5.37. The summed E-state index contributed by atoms with van der Waals surface area (Å²) >= 11 is 0. The highest BCUT2D eigenvalue weighted by molar-refractivity contribution is 6.70. The highest BCUT2D eigenvalue weighted by Crippen LogP contribution is 2.43. The summed E-state index contributed by atoms with van der Waals surface area (Å²) in [5.74, 6) is 0.678. The third kappa shape index (κ3) is 4.66. The van der Waals surface area contributed by atoms with Crippen molar-refractivity contribution in [1.82, 2.24) is 0 Å². The Morgan fingerprint density at radius 3 is 2.32 bits per heavy atom. The van der Waals surface area contributed by atoms with E-state index < -0.39 is 20.1 Å². The van der Waals surface area contributed by atoms with Crippen LogP contribution in [-0.4, -0.2) is 8.32 Å². The fourth-order valence-electron chi connectivity index (χ4n) is 2.95. The van der Waals surface area contributed by atoms with Crippen LogP contribution in [0.1, 0.15) is 31.4 Å². The molecule has 0 unspecified atom stereocenters. The first-order valence-electron chi connectivity index (χ1n) is 8.33. The quantitative estimate of drug-likeness (QED) is 0.420. The molecule has 0 heterocycles. The number of halogens is 3. The Labute approximate surface area is 149 Å². The normalized spacial score (nSPS) is 18.9. The minimum atomic E-state index is -4.39. The third-order valence-electron chi connectivity index (χ3n) is 4.21. The van der Waals surface area contributed by atoms with Crippen molar-refractivity contribution in [2.75, 3.05) is 0 Å². The molecule has 0 saturated heterocycles. The molecule has 0 radical (unpaired) electrons. The van der Waals surface area contributed by atoms with Crippen LogP contribution in [0.2, 0.25) is 19.6 Å². The number of hydrogen-bond donors (Lipinski definition) is 0. The lowest BCUT2D eigenvalue weighted by Gasteiger charge is -2.31. The van der Waals surface area contributed by atoms with Gasteiger partial charge in [-0.25, -0.2) is 0 Å². The van der Waals surface area contributed by atoms with Gasteiger partial charge in [0.2, 0.25) is 8.32 Å². The summed E-state index contributed by atoms with van der Waals surface area (Å²) < 4.78 is 46.6. The van der Waals surface area contributed by atoms with E-state index in [9.17, 15) is 13.2 Å². The van der Waals surface area contributed by atoms with E-state index in [1.54, 1.807) is 12.1 Å². The summed E-state index contributed by atoms with van der Waals surface area (Å²) in [6.07, 6.45) is -1.87. The van der Waals surface area contributed by atoms with Gasteiger partial charge >= 0.3 is 6.18 Å². The Morgan fingerprint density at radius 1 is 1.20 bits per heavy atom. The van der Waals surface area contributed by atoms with Gasteiger partial charge in [0.15, 0.2) is 0 Å². The van der Waals surface area contributed by atoms with Crippen LogP contribution in [0, 0.1) is 5.92 Å². The van der Waals surface area contributed by atoms with Gasteiger partial charge in [-0.05, 0) is 68.8 Å². The number of rotatable bonds is 4. The molecule has 1 nitrogen and oxygen atoms in total. The average molecular weight is 366 g/mol. The molecular formula is C20H25F3OSi. The van der Waals surface area contributed by atoms with Crippen molar-refractivity contribution in [3.8, 4) is 0 Å². The van der Waals surface area contributed by atoms with E-state index in [1.165, 1.54) is 6.07 Å². The minimum absolute atomic E-state index is 0.0219. The first-order chi connectivity index (χ1) is 11.4. The van der Waals surface area contributed by atoms with Crippen LogP contribution in [-0.2, 0) is 10.6 Å². The van der Waals surface area contributed by atoms with E-state index in [1.807, 2.05) is 19.9 Å². The van der Waals surface area contributed by atoms with E-state index in [2.05, 4.69) is 26.2 Å². The molecule has 5 heteroatoms. The summed E-state index contributed by atoms with van der Waals surface area (Å²) in [4.78, 5) is 0. The van der Waals surface area contributed by atoms with Gasteiger partial charge in [0, 0.05) is 5.92 Å². The van der Waals surface area contributed by atoms with E-state index in [4.69, 9.17) is 4.43 Å². The first kappa shape index (κ1) is 19.6. The topological polar surface area (TPSA) is 9.23 Å². The van der Waals surface area contributed by atoms with Crippen LogP contribution in [0.3, 0.4) is 0 Å². The molecule has 25 heavy (non-hydrogen) atoms. The van der Waals surface area contributed by atoms with Gasteiger partial charge < -0.3 is 4.43 Å². The van der Waals surface area contributed by atoms with E-state index in [-0.39, 0.29) is 11.5 Å². The smallest absolute Gasteiger partial charge is 0.416 e. The molecular weight excluding hydrogens is 341 g/mol. The average Bonchev–Trinajstić information content (AvgIpc) is 2.47. The predicted octanol–water partition coefficient (Wildman–Crippen LogP) is 6.81. The van der Waals surface area contributed by atoms with Gasteiger partial charge in [-0.2, -0.15) is 13.2 Å². The highest BCUT2D eigenvalue weighted by Gasteiger charge is 2.35. The van der Waals surface area contributed by atoms with Crippen molar-refractivity contribution in [2.24, 2.45) is 5.92 Å². The standard InChI is InChI=1S/C20H25F3OSi/c1-13(2)15-11-17(14(3)19(12-15)24-25(4,5)6)16-9-7-8-10-18(16)20(21,22)23/h7-10,12,15H,1,11H2,2-6H3/t15-/m0/s1. The molecule has 1 aromatic carbocycles. The number of benzene rings is 1. The van der Waals surface area contributed by atoms with E-state index >= 15 is 0 Å². The third-order valence-corrected chi connectivity index (χ3v) is 5.04. The number of allylic oxidation sites excluding steroid dienone is 4. The Bertz CT molecular complexity index is 736. The van der Waals surface area contributed by atoms with Crippen molar-refractivity contribution >= 4 is 13.9 Å². The summed E-state index contributed by atoms with van der Waals surface area (Å²) in [6.45, 7) is 13.9. The summed E-state index contributed by atoms with van der Waals surface area (Å²) in [5.41, 5.74) is 2.04. The largest absolute Gasteiger partial charge is 0.544 e.